The van der Waals surface area contributed by atoms with Gasteiger partial charge in [0.15, 0.2) is 0 Å². The highest BCUT2D eigenvalue weighted by Crippen LogP contribution is 2.18. The Bertz CT molecular complexity index is 378. The Morgan fingerprint density at radius 3 is 2.53 bits per heavy atom. The Kier molecular flexibility index (Phi) is 3.98. The molecule has 5 nitrogen and oxygen atoms in total. The molecule has 1 aromatic rings. The lowest BCUT2D eigenvalue weighted by molar-refractivity contribution is -0.127. The van der Waals surface area contributed by atoms with Crippen LogP contribution in [0.1, 0.15) is 0 Å². The maximum atomic E-state index is 11.8. The average Bonchev–Trinajstić information content (AvgIpc) is 2.68. The molecule has 2 atom stereocenters. The minimum Gasteiger partial charge on any atom is -0.388 e. The van der Waals surface area contributed by atoms with Crippen LogP contribution in [0.5, 0.6) is 0 Å². The number of carbonyl (C=O) groups excluding carboxylic acids is 1. The first-order valence-electron chi connectivity index (χ1n) is 5.33. The lowest BCUT2D eigenvalue weighted by Gasteiger charge is -2.14. The Morgan fingerprint density at radius 1 is 1.35 bits per heavy atom. The van der Waals surface area contributed by atoms with Crippen LogP contribution in [0, 0.1) is 0 Å². The molecule has 1 aromatic heterocycles. The molecule has 2 heterocycles. The summed E-state index contributed by atoms with van der Waals surface area (Å²) in [7, 11) is 0. The number of carbonyl (C=O) groups is 1. The minimum absolute atomic E-state index is 0.0672. The zero-order valence-electron chi connectivity index (χ0n) is 9.19. The van der Waals surface area contributed by atoms with Crippen molar-refractivity contribution < 1.29 is 15.0 Å². The van der Waals surface area contributed by atoms with Crippen molar-refractivity contribution in [3.05, 3.63) is 24.5 Å². The van der Waals surface area contributed by atoms with Crippen LogP contribution in [0.4, 0.5) is 0 Å². The molecule has 0 bridgehead atoms. The molecule has 6 heteroatoms. The molecule has 1 amide bonds. The summed E-state index contributed by atoms with van der Waals surface area (Å²) in [4.78, 5) is 18.1. The van der Waals surface area contributed by atoms with Gasteiger partial charge < -0.3 is 15.1 Å². The molecule has 1 aliphatic heterocycles. The SMILES string of the molecule is O=C(CSc1ccncc1)N1CC(O)C(O)C1. The number of hydrogen-bond acceptors (Lipinski definition) is 5. The van der Waals surface area contributed by atoms with E-state index in [4.69, 9.17) is 0 Å². The Morgan fingerprint density at radius 2 is 1.94 bits per heavy atom. The van der Waals surface area contributed by atoms with Crippen LogP contribution in [0.2, 0.25) is 0 Å². The van der Waals surface area contributed by atoms with E-state index in [0.717, 1.165) is 4.90 Å². The average molecular weight is 254 g/mol. The van der Waals surface area contributed by atoms with Gasteiger partial charge in [-0.3, -0.25) is 9.78 Å². The van der Waals surface area contributed by atoms with Crippen molar-refractivity contribution in [1.29, 1.82) is 0 Å². The third-order valence-corrected chi connectivity index (χ3v) is 3.62. The van der Waals surface area contributed by atoms with Gasteiger partial charge in [0.1, 0.15) is 0 Å². The molecule has 17 heavy (non-hydrogen) atoms. The first-order valence-corrected chi connectivity index (χ1v) is 6.32. The fraction of sp³-hybridized carbons (Fsp3) is 0.455. The predicted octanol–water partition coefficient (Wildman–Crippen LogP) is -0.262. The standard InChI is InChI=1S/C11H14N2O3S/c14-9-5-13(6-10(9)15)11(16)7-17-8-1-3-12-4-2-8/h1-4,9-10,14-15H,5-7H2. The number of β-amino-alcohol motifs (C(OH)–C–C–N with tert-alkyl or cyclic N) is 2. The molecular formula is C11H14N2O3S. The molecule has 0 aliphatic carbocycles. The first kappa shape index (κ1) is 12.3. The van der Waals surface area contributed by atoms with E-state index in [9.17, 15) is 15.0 Å². The van der Waals surface area contributed by atoms with Gasteiger partial charge in [-0.1, -0.05) is 0 Å². The number of aliphatic hydroxyl groups is 2. The van der Waals surface area contributed by atoms with Crippen molar-refractivity contribution in [2.45, 2.75) is 17.1 Å². The van der Waals surface area contributed by atoms with Crippen molar-refractivity contribution in [2.24, 2.45) is 0 Å². The van der Waals surface area contributed by atoms with Crippen LogP contribution in [0.25, 0.3) is 0 Å². The number of thioether (sulfide) groups is 1. The number of nitrogens with zero attached hydrogens (tertiary/aromatic N) is 2. The Hall–Kier alpha value is -1.11. The summed E-state index contributed by atoms with van der Waals surface area (Å²) in [6.45, 7) is 0.438. The molecule has 2 rings (SSSR count). The van der Waals surface area contributed by atoms with E-state index in [-0.39, 0.29) is 19.0 Å². The zero-order chi connectivity index (χ0) is 12.3. The van der Waals surface area contributed by atoms with Crippen molar-refractivity contribution in [2.75, 3.05) is 18.8 Å². The molecular weight excluding hydrogens is 240 g/mol. The van der Waals surface area contributed by atoms with Crippen molar-refractivity contribution >= 4 is 17.7 Å². The van der Waals surface area contributed by atoms with Crippen molar-refractivity contribution in [1.82, 2.24) is 9.88 Å². The van der Waals surface area contributed by atoms with E-state index in [0.29, 0.717) is 5.75 Å². The van der Waals surface area contributed by atoms with E-state index in [1.807, 2.05) is 12.1 Å². The summed E-state index contributed by atoms with van der Waals surface area (Å²) in [5.41, 5.74) is 0. The van der Waals surface area contributed by atoms with Crippen LogP contribution in [-0.4, -0.2) is 57.1 Å². The quantitative estimate of drug-likeness (QED) is 0.727. The number of likely N-dealkylation sites (tertiary alicyclic amines) is 1. The summed E-state index contributed by atoms with van der Waals surface area (Å²) in [5.74, 6) is 0.242. The topological polar surface area (TPSA) is 73.7 Å². The van der Waals surface area contributed by atoms with Gasteiger partial charge in [-0.2, -0.15) is 0 Å². The summed E-state index contributed by atoms with van der Waals surface area (Å²) in [6, 6.07) is 3.68. The number of amides is 1. The van der Waals surface area contributed by atoms with E-state index in [1.165, 1.54) is 16.7 Å². The van der Waals surface area contributed by atoms with Crippen LogP contribution < -0.4 is 0 Å². The molecule has 2 unspecified atom stereocenters. The smallest absolute Gasteiger partial charge is 0.233 e. The second kappa shape index (κ2) is 5.48. The van der Waals surface area contributed by atoms with E-state index >= 15 is 0 Å². The first-order chi connectivity index (χ1) is 8.16. The second-order valence-corrected chi connectivity index (χ2v) is 4.95. The van der Waals surface area contributed by atoms with Gasteiger partial charge in [-0.25, -0.2) is 0 Å². The summed E-state index contributed by atoms with van der Waals surface area (Å²) < 4.78 is 0. The normalized spacial score (nSPS) is 24.0. The van der Waals surface area contributed by atoms with Crippen LogP contribution in [0.3, 0.4) is 0 Å². The highest BCUT2D eigenvalue weighted by molar-refractivity contribution is 8.00. The monoisotopic (exact) mass is 254 g/mol. The van der Waals surface area contributed by atoms with E-state index < -0.39 is 12.2 Å². The molecule has 0 aromatic carbocycles. The second-order valence-electron chi connectivity index (χ2n) is 3.91. The summed E-state index contributed by atoms with van der Waals surface area (Å²) in [6.07, 6.45) is 1.72. The fourth-order valence-electron chi connectivity index (χ4n) is 1.64. The largest absolute Gasteiger partial charge is 0.388 e. The van der Waals surface area contributed by atoms with Gasteiger partial charge in [0.2, 0.25) is 5.91 Å². The lowest BCUT2D eigenvalue weighted by Crippen LogP contribution is -2.31. The van der Waals surface area contributed by atoms with Gasteiger partial charge in [0, 0.05) is 30.4 Å². The number of pyridine rings is 1. The molecule has 1 saturated heterocycles. The maximum Gasteiger partial charge on any atom is 0.233 e. The van der Waals surface area contributed by atoms with Crippen molar-refractivity contribution in [3.63, 3.8) is 0 Å². The van der Waals surface area contributed by atoms with Gasteiger partial charge in [0.25, 0.3) is 0 Å². The Labute approximate surface area is 103 Å². The highest BCUT2D eigenvalue weighted by atomic mass is 32.2. The zero-order valence-corrected chi connectivity index (χ0v) is 10.0. The number of rotatable bonds is 3. The van der Waals surface area contributed by atoms with Crippen LogP contribution >= 0.6 is 11.8 Å². The predicted molar refractivity (Wildman–Crippen MR) is 63.6 cm³/mol. The summed E-state index contributed by atoms with van der Waals surface area (Å²) >= 11 is 1.42. The van der Waals surface area contributed by atoms with Gasteiger partial charge >= 0.3 is 0 Å². The molecule has 1 aliphatic rings. The highest BCUT2D eigenvalue weighted by Gasteiger charge is 2.32. The number of aromatic nitrogens is 1. The lowest BCUT2D eigenvalue weighted by atomic mass is 10.3. The van der Waals surface area contributed by atoms with Crippen LogP contribution in [0.15, 0.2) is 29.4 Å². The number of aliphatic hydroxyl groups excluding tert-OH is 2. The third-order valence-electron chi connectivity index (χ3n) is 2.62. The number of hydrogen-bond donors (Lipinski definition) is 2. The fourth-order valence-corrected chi connectivity index (χ4v) is 2.43. The van der Waals surface area contributed by atoms with Crippen LogP contribution in [-0.2, 0) is 4.79 Å². The minimum atomic E-state index is -0.815. The molecule has 0 radical (unpaired) electrons. The van der Waals surface area contributed by atoms with E-state index in [1.54, 1.807) is 12.4 Å². The molecule has 0 spiro atoms. The third kappa shape index (κ3) is 3.18. The van der Waals surface area contributed by atoms with E-state index in [2.05, 4.69) is 4.98 Å². The van der Waals surface area contributed by atoms with Gasteiger partial charge in [-0.05, 0) is 12.1 Å². The Balaban J connectivity index is 1.82. The van der Waals surface area contributed by atoms with Crippen molar-refractivity contribution in [3.8, 4) is 0 Å². The molecule has 1 fully saturated rings. The molecule has 2 N–H and O–H groups in total. The van der Waals surface area contributed by atoms with Gasteiger partial charge in [0.05, 0.1) is 18.0 Å². The van der Waals surface area contributed by atoms with Gasteiger partial charge in [-0.15, -0.1) is 11.8 Å². The maximum absolute atomic E-state index is 11.8. The summed E-state index contributed by atoms with van der Waals surface area (Å²) in [5, 5.41) is 18.7. The molecule has 92 valence electrons. The molecule has 0 saturated carbocycles.